The summed E-state index contributed by atoms with van der Waals surface area (Å²) in [6.45, 7) is 2.32. The minimum Gasteiger partial charge on any atom is -0.374 e. The maximum absolute atomic E-state index is 11.8. The molecule has 0 fully saturated rings. The van der Waals surface area contributed by atoms with Crippen molar-refractivity contribution in [2.24, 2.45) is 0 Å². The number of anilines is 1. The molecule has 0 unspecified atom stereocenters. The fourth-order valence-corrected chi connectivity index (χ4v) is 4.08. The predicted molar refractivity (Wildman–Crippen MR) is 72.0 cm³/mol. The summed E-state index contributed by atoms with van der Waals surface area (Å²) in [4.78, 5) is 2.19. The van der Waals surface area contributed by atoms with E-state index < -0.39 is 10.0 Å². The molecular weight excluding hydrogens is 292 g/mol. The number of nitrogens with two attached hydrogens (primary N) is 1. The lowest BCUT2D eigenvalue weighted by Gasteiger charge is -2.00. The Labute approximate surface area is 113 Å². The van der Waals surface area contributed by atoms with Gasteiger partial charge in [-0.1, -0.05) is 18.3 Å². The molecule has 2 aromatic rings. The van der Waals surface area contributed by atoms with Crippen LogP contribution >= 0.6 is 22.7 Å². The number of nitrogens with one attached hydrogen (secondary N) is 1. The third-order valence-corrected chi connectivity index (χ3v) is 5.90. The van der Waals surface area contributed by atoms with Gasteiger partial charge in [0.05, 0.1) is 0 Å². The molecule has 0 radical (unpaired) electrons. The van der Waals surface area contributed by atoms with Gasteiger partial charge in [0.25, 0.3) is 10.0 Å². The summed E-state index contributed by atoms with van der Waals surface area (Å²) in [5, 5.41) is 7.14. The van der Waals surface area contributed by atoms with E-state index >= 15 is 0 Å². The van der Waals surface area contributed by atoms with Crippen LogP contribution in [0.15, 0.2) is 16.5 Å². The van der Waals surface area contributed by atoms with Crippen LogP contribution in [-0.2, 0) is 23.0 Å². The van der Waals surface area contributed by atoms with Gasteiger partial charge < -0.3 is 5.73 Å². The Balaban J connectivity index is 2.05. The summed E-state index contributed by atoms with van der Waals surface area (Å²) in [6.07, 6.45) is 0.949. The van der Waals surface area contributed by atoms with Crippen LogP contribution < -0.4 is 10.5 Å². The minimum absolute atomic E-state index is 0.104. The van der Waals surface area contributed by atoms with Gasteiger partial charge >= 0.3 is 0 Å². The molecule has 6 nitrogen and oxygen atoms in total. The summed E-state index contributed by atoms with van der Waals surface area (Å²) in [7, 11) is -3.61. The zero-order chi connectivity index (χ0) is 13.2. The number of sulfonamides is 1. The van der Waals surface area contributed by atoms with E-state index in [4.69, 9.17) is 5.73 Å². The number of nitrogens with zero attached hydrogens (tertiary/aromatic N) is 2. The fraction of sp³-hybridized carbons (Fsp3) is 0.333. The van der Waals surface area contributed by atoms with Gasteiger partial charge in [-0.15, -0.1) is 21.5 Å². The van der Waals surface area contributed by atoms with Crippen molar-refractivity contribution in [1.29, 1.82) is 0 Å². The predicted octanol–water partition coefficient (Wildman–Crippen LogP) is 1.22. The second-order valence-corrected chi connectivity index (χ2v) is 7.65. The van der Waals surface area contributed by atoms with E-state index in [1.54, 1.807) is 11.3 Å². The van der Waals surface area contributed by atoms with Gasteiger partial charge in [-0.2, -0.15) is 0 Å². The highest BCUT2D eigenvalue weighted by atomic mass is 32.2. The molecule has 0 aliphatic rings. The Bertz CT molecular complexity index is 632. The molecule has 98 valence electrons. The van der Waals surface area contributed by atoms with Crippen LogP contribution in [0, 0.1) is 0 Å². The molecule has 2 rings (SSSR count). The summed E-state index contributed by atoms with van der Waals surface area (Å²) in [5.41, 5.74) is 5.36. The second-order valence-electron chi connectivity index (χ2n) is 3.45. The van der Waals surface area contributed by atoms with Crippen LogP contribution in [0.3, 0.4) is 0 Å². The molecule has 0 bridgehead atoms. The SMILES string of the molecule is CCc1ccc(CNS(=O)(=O)c2nnc(N)s2)s1. The molecule has 0 saturated heterocycles. The Kier molecular flexibility index (Phi) is 3.95. The van der Waals surface area contributed by atoms with Gasteiger partial charge in [-0.25, -0.2) is 13.1 Å². The van der Waals surface area contributed by atoms with Crippen LogP contribution in [0.4, 0.5) is 5.13 Å². The van der Waals surface area contributed by atoms with Crippen molar-refractivity contribution in [3.8, 4) is 0 Å². The maximum Gasteiger partial charge on any atom is 0.270 e. The molecule has 9 heteroatoms. The molecule has 2 heterocycles. The van der Waals surface area contributed by atoms with E-state index in [0.29, 0.717) is 0 Å². The van der Waals surface area contributed by atoms with Crippen molar-refractivity contribution in [2.45, 2.75) is 24.2 Å². The summed E-state index contributed by atoms with van der Waals surface area (Å²) >= 11 is 2.44. The number of rotatable bonds is 5. The average Bonchev–Trinajstić information content (AvgIpc) is 2.95. The quantitative estimate of drug-likeness (QED) is 0.865. The van der Waals surface area contributed by atoms with Crippen LogP contribution in [0.25, 0.3) is 0 Å². The molecule has 18 heavy (non-hydrogen) atoms. The van der Waals surface area contributed by atoms with Crippen molar-refractivity contribution < 1.29 is 8.42 Å². The number of aryl methyl sites for hydroxylation is 1. The van der Waals surface area contributed by atoms with Gasteiger partial charge in [-0.3, -0.25) is 0 Å². The highest BCUT2D eigenvalue weighted by molar-refractivity contribution is 7.91. The lowest BCUT2D eigenvalue weighted by molar-refractivity contribution is 0.580. The number of hydrogen-bond donors (Lipinski definition) is 2. The van der Waals surface area contributed by atoms with E-state index in [1.807, 2.05) is 12.1 Å². The van der Waals surface area contributed by atoms with Gasteiger partial charge in [0, 0.05) is 16.3 Å². The summed E-state index contributed by atoms with van der Waals surface area (Å²) < 4.78 is 26.1. The van der Waals surface area contributed by atoms with Gasteiger partial charge in [-0.05, 0) is 18.6 Å². The minimum atomic E-state index is -3.61. The first-order valence-corrected chi connectivity index (χ1v) is 8.29. The van der Waals surface area contributed by atoms with Crippen molar-refractivity contribution in [1.82, 2.24) is 14.9 Å². The topological polar surface area (TPSA) is 98.0 Å². The molecule has 0 saturated carbocycles. The fourth-order valence-electron chi connectivity index (χ4n) is 1.26. The number of aromatic nitrogens is 2. The van der Waals surface area contributed by atoms with Crippen LogP contribution in [-0.4, -0.2) is 18.6 Å². The zero-order valence-corrected chi connectivity index (χ0v) is 12.0. The molecule has 2 aromatic heterocycles. The Hall–Kier alpha value is -1.03. The van der Waals surface area contributed by atoms with Crippen LogP contribution in [0.5, 0.6) is 0 Å². The van der Waals surface area contributed by atoms with Crippen LogP contribution in [0.1, 0.15) is 16.7 Å². The van der Waals surface area contributed by atoms with E-state index in [1.165, 1.54) is 4.88 Å². The Morgan fingerprint density at radius 3 is 2.56 bits per heavy atom. The lowest BCUT2D eigenvalue weighted by atomic mass is 10.4. The van der Waals surface area contributed by atoms with E-state index in [0.717, 1.165) is 22.6 Å². The van der Waals surface area contributed by atoms with Crippen LogP contribution in [0.2, 0.25) is 0 Å². The van der Waals surface area contributed by atoms with Crippen molar-refractivity contribution in [3.05, 3.63) is 21.9 Å². The van der Waals surface area contributed by atoms with Gasteiger partial charge in [0.1, 0.15) is 0 Å². The smallest absolute Gasteiger partial charge is 0.270 e. The summed E-state index contributed by atoms with van der Waals surface area (Å²) in [6, 6.07) is 3.91. The molecule has 0 aliphatic carbocycles. The monoisotopic (exact) mass is 304 g/mol. The lowest BCUT2D eigenvalue weighted by Crippen LogP contribution is -2.22. The number of thiophene rings is 1. The first kappa shape index (κ1) is 13.4. The number of hydrogen-bond acceptors (Lipinski definition) is 7. The molecule has 0 aliphatic heterocycles. The molecular formula is C9H12N4O2S3. The normalized spacial score (nSPS) is 11.8. The highest BCUT2D eigenvalue weighted by Crippen LogP contribution is 2.19. The standard InChI is InChI=1S/C9H12N4O2S3/c1-2-6-3-4-7(16-6)5-11-18(14,15)9-13-12-8(10)17-9/h3-4,11H,2,5H2,1H3,(H2,10,12). The van der Waals surface area contributed by atoms with Crippen molar-refractivity contribution in [2.75, 3.05) is 5.73 Å². The average molecular weight is 304 g/mol. The van der Waals surface area contributed by atoms with Crippen molar-refractivity contribution in [3.63, 3.8) is 0 Å². The molecule has 0 atom stereocenters. The Morgan fingerprint density at radius 1 is 1.28 bits per heavy atom. The first-order valence-electron chi connectivity index (χ1n) is 5.17. The Morgan fingerprint density at radius 2 is 2.00 bits per heavy atom. The van der Waals surface area contributed by atoms with Crippen molar-refractivity contribution >= 4 is 37.8 Å². The number of nitrogen functional groups attached to an aromatic ring is 1. The van der Waals surface area contributed by atoms with Gasteiger partial charge in [0.2, 0.25) is 9.47 Å². The van der Waals surface area contributed by atoms with E-state index in [9.17, 15) is 8.42 Å². The molecule has 0 spiro atoms. The van der Waals surface area contributed by atoms with E-state index in [-0.39, 0.29) is 16.0 Å². The molecule has 0 aromatic carbocycles. The first-order chi connectivity index (χ1) is 8.51. The maximum atomic E-state index is 11.8. The second kappa shape index (κ2) is 5.31. The highest BCUT2D eigenvalue weighted by Gasteiger charge is 2.19. The van der Waals surface area contributed by atoms with Gasteiger partial charge in [0.15, 0.2) is 0 Å². The zero-order valence-electron chi connectivity index (χ0n) is 9.58. The van der Waals surface area contributed by atoms with E-state index in [2.05, 4.69) is 21.8 Å². The third-order valence-electron chi connectivity index (χ3n) is 2.15. The third kappa shape index (κ3) is 3.05. The molecule has 0 amide bonds. The summed E-state index contributed by atoms with van der Waals surface area (Å²) in [5.74, 6) is 0. The largest absolute Gasteiger partial charge is 0.374 e. The molecule has 3 N–H and O–H groups in total.